The average molecular weight is 630 g/mol. The molecule has 0 unspecified atom stereocenters. The van der Waals surface area contributed by atoms with Gasteiger partial charge in [-0.1, -0.05) is 25.8 Å². The molecule has 1 aliphatic carbocycles. The van der Waals surface area contributed by atoms with Crippen LogP contribution < -0.4 is 4.90 Å². The lowest BCUT2D eigenvalue weighted by atomic mass is 9.99. The molecule has 2 aromatic carbocycles. The van der Waals surface area contributed by atoms with Crippen molar-refractivity contribution in [2.45, 2.75) is 50.0 Å². The van der Waals surface area contributed by atoms with E-state index in [2.05, 4.69) is 4.98 Å². The summed E-state index contributed by atoms with van der Waals surface area (Å²) in [6, 6.07) is 5.98. The van der Waals surface area contributed by atoms with Gasteiger partial charge in [0.2, 0.25) is 21.7 Å². The van der Waals surface area contributed by atoms with Crippen molar-refractivity contribution in [3.63, 3.8) is 0 Å². The Labute approximate surface area is 242 Å². The maximum atomic E-state index is 15.1. The average Bonchev–Trinajstić information content (AvgIpc) is 3.52. The van der Waals surface area contributed by atoms with Gasteiger partial charge in [-0.05, 0) is 48.6 Å². The first-order chi connectivity index (χ1) is 20.3. The van der Waals surface area contributed by atoms with Gasteiger partial charge in [-0.25, -0.2) is 39.6 Å². The Balaban J connectivity index is 1.70. The first-order valence-electron chi connectivity index (χ1n) is 13.1. The van der Waals surface area contributed by atoms with Gasteiger partial charge in [0.1, 0.15) is 5.82 Å². The normalized spacial score (nSPS) is 14.0. The molecule has 4 rings (SSSR count). The van der Waals surface area contributed by atoms with Crippen LogP contribution in [0, 0.1) is 34.9 Å². The van der Waals surface area contributed by atoms with E-state index in [1.807, 2.05) is 0 Å². The number of carbonyl (C=O) groups is 2. The lowest BCUT2D eigenvalue weighted by molar-refractivity contribution is -0.119. The van der Waals surface area contributed by atoms with Crippen molar-refractivity contribution in [3.05, 3.63) is 88.3 Å². The van der Waals surface area contributed by atoms with Crippen LogP contribution in [0.2, 0.25) is 0 Å². The highest BCUT2D eigenvalue weighted by molar-refractivity contribution is 7.89. The number of carboxylic acids is 1. The molecule has 8 nitrogen and oxygen atoms in total. The third-order valence-corrected chi connectivity index (χ3v) is 9.15. The number of carboxylic acid groups (broad SMARTS) is 1. The number of hydrogen-bond acceptors (Lipinski definition) is 5. The van der Waals surface area contributed by atoms with E-state index >= 15 is 4.39 Å². The van der Waals surface area contributed by atoms with Gasteiger partial charge in [-0.3, -0.25) is 9.78 Å². The second-order valence-corrected chi connectivity index (χ2v) is 11.7. The minimum atomic E-state index is -5.50. The monoisotopic (exact) mass is 629 g/mol. The van der Waals surface area contributed by atoms with Crippen LogP contribution in [0.3, 0.4) is 0 Å². The SMILES string of the molecule is CCN(CC(=O)N(Cc1ccc(C2CCCC2)cn1)c1ccc(C(=O)O)cc1F)S(=O)(=O)c1c(F)c(F)c(F)c(F)c1F. The Hall–Kier alpha value is -3.98. The number of halogens is 6. The summed E-state index contributed by atoms with van der Waals surface area (Å²) in [4.78, 5) is 27.7. The second kappa shape index (κ2) is 12.7. The van der Waals surface area contributed by atoms with Crippen LogP contribution in [0.5, 0.6) is 0 Å². The Morgan fingerprint density at radius 1 is 0.930 bits per heavy atom. The van der Waals surface area contributed by atoms with E-state index in [-0.39, 0.29) is 10.00 Å². The van der Waals surface area contributed by atoms with Gasteiger partial charge in [0.25, 0.3) is 0 Å². The zero-order chi connectivity index (χ0) is 31.6. The van der Waals surface area contributed by atoms with Gasteiger partial charge in [-0.15, -0.1) is 0 Å². The van der Waals surface area contributed by atoms with Gasteiger partial charge < -0.3 is 10.0 Å². The van der Waals surface area contributed by atoms with Crippen molar-refractivity contribution < 1.29 is 49.5 Å². The van der Waals surface area contributed by atoms with Crippen molar-refractivity contribution >= 4 is 27.6 Å². The Morgan fingerprint density at radius 3 is 2.05 bits per heavy atom. The minimum absolute atomic E-state index is 0.167. The Morgan fingerprint density at radius 2 is 1.53 bits per heavy atom. The number of aromatic carboxylic acids is 1. The van der Waals surface area contributed by atoms with Crippen LogP contribution >= 0.6 is 0 Å². The van der Waals surface area contributed by atoms with E-state index in [4.69, 9.17) is 0 Å². The lowest BCUT2D eigenvalue weighted by Gasteiger charge is -2.27. The lowest BCUT2D eigenvalue weighted by Crippen LogP contribution is -2.43. The Bertz CT molecular complexity index is 1640. The summed E-state index contributed by atoms with van der Waals surface area (Å²) in [7, 11) is -5.50. The van der Waals surface area contributed by atoms with E-state index in [0.717, 1.165) is 55.2 Å². The number of hydrogen-bond donors (Lipinski definition) is 1. The van der Waals surface area contributed by atoms with E-state index in [1.165, 1.54) is 0 Å². The smallest absolute Gasteiger partial charge is 0.335 e. The summed E-state index contributed by atoms with van der Waals surface area (Å²) >= 11 is 0. The summed E-state index contributed by atoms with van der Waals surface area (Å²) in [6.07, 6.45) is 5.71. The summed E-state index contributed by atoms with van der Waals surface area (Å²) in [5.41, 5.74) is 0.280. The van der Waals surface area contributed by atoms with E-state index < -0.39 is 92.6 Å². The first kappa shape index (κ1) is 31.9. The minimum Gasteiger partial charge on any atom is -0.478 e. The predicted molar refractivity (Wildman–Crippen MR) is 141 cm³/mol. The van der Waals surface area contributed by atoms with E-state index in [0.29, 0.717) is 12.0 Å². The zero-order valence-corrected chi connectivity index (χ0v) is 23.4. The molecule has 1 amide bonds. The molecule has 0 saturated heterocycles. The van der Waals surface area contributed by atoms with Crippen molar-refractivity contribution in [2.24, 2.45) is 0 Å². The number of amides is 1. The zero-order valence-electron chi connectivity index (χ0n) is 22.6. The molecule has 0 atom stereocenters. The molecule has 0 radical (unpaired) electrons. The number of nitrogens with zero attached hydrogens (tertiary/aromatic N) is 3. The summed E-state index contributed by atoms with van der Waals surface area (Å²) in [6.45, 7) is -1.16. The van der Waals surface area contributed by atoms with Crippen LogP contribution in [0.15, 0.2) is 41.4 Å². The molecule has 1 N–H and O–H groups in total. The van der Waals surface area contributed by atoms with Crippen LogP contribution in [0.4, 0.5) is 32.0 Å². The number of rotatable bonds is 10. The van der Waals surface area contributed by atoms with Crippen molar-refractivity contribution in [2.75, 3.05) is 18.0 Å². The fourth-order valence-electron chi connectivity index (χ4n) is 4.90. The van der Waals surface area contributed by atoms with Crippen molar-refractivity contribution in [1.29, 1.82) is 0 Å². The molecule has 15 heteroatoms. The molecular weight excluding hydrogens is 604 g/mol. The molecule has 1 aliphatic rings. The van der Waals surface area contributed by atoms with E-state index in [1.54, 1.807) is 18.3 Å². The van der Waals surface area contributed by atoms with Crippen LogP contribution in [0.25, 0.3) is 0 Å². The number of benzene rings is 2. The van der Waals surface area contributed by atoms with Crippen molar-refractivity contribution in [3.8, 4) is 0 Å². The molecule has 43 heavy (non-hydrogen) atoms. The Kier molecular flexibility index (Phi) is 9.44. The van der Waals surface area contributed by atoms with Gasteiger partial charge >= 0.3 is 5.97 Å². The maximum absolute atomic E-state index is 15.1. The molecule has 0 spiro atoms. The van der Waals surface area contributed by atoms with Crippen LogP contribution in [-0.4, -0.2) is 47.8 Å². The molecule has 1 aromatic heterocycles. The van der Waals surface area contributed by atoms with Gasteiger partial charge in [0.15, 0.2) is 28.2 Å². The van der Waals surface area contributed by atoms with Crippen molar-refractivity contribution in [1.82, 2.24) is 9.29 Å². The number of pyridine rings is 1. The molecular formula is C28H25F6N3O5S. The maximum Gasteiger partial charge on any atom is 0.335 e. The molecule has 0 bridgehead atoms. The van der Waals surface area contributed by atoms with Gasteiger partial charge in [-0.2, -0.15) is 4.31 Å². The topological polar surface area (TPSA) is 108 Å². The third-order valence-electron chi connectivity index (χ3n) is 7.21. The molecule has 1 saturated carbocycles. The largest absolute Gasteiger partial charge is 0.478 e. The number of anilines is 1. The van der Waals surface area contributed by atoms with Gasteiger partial charge in [0, 0.05) is 12.7 Å². The van der Waals surface area contributed by atoms with Gasteiger partial charge in [0.05, 0.1) is 30.0 Å². The second-order valence-electron chi connectivity index (χ2n) is 9.85. The summed E-state index contributed by atoms with van der Waals surface area (Å²) < 4.78 is 111. The molecule has 3 aromatic rings. The highest BCUT2D eigenvalue weighted by atomic mass is 32.2. The van der Waals surface area contributed by atoms with Crippen LogP contribution in [0.1, 0.15) is 60.1 Å². The molecule has 1 heterocycles. The fourth-order valence-corrected chi connectivity index (χ4v) is 6.41. The first-order valence-corrected chi connectivity index (χ1v) is 14.5. The number of likely N-dealkylation sites (N-methyl/N-ethyl adjacent to an activating group) is 1. The summed E-state index contributed by atoms with van der Waals surface area (Å²) in [5, 5.41) is 9.18. The number of carbonyl (C=O) groups excluding carboxylic acids is 1. The van der Waals surface area contributed by atoms with E-state index in [9.17, 15) is 45.1 Å². The highest BCUT2D eigenvalue weighted by Crippen LogP contribution is 2.34. The molecule has 1 fully saturated rings. The quantitative estimate of drug-likeness (QED) is 0.180. The number of sulfonamides is 1. The fraction of sp³-hybridized carbons (Fsp3) is 0.321. The summed E-state index contributed by atoms with van der Waals surface area (Å²) in [5.74, 6) is -16.3. The van der Waals surface area contributed by atoms with Crippen LogP contribution in [-0.2, 0) is 21.4 Å². The molecule has 0 aliphatic heterocycles. The predicted octanol–water partition coefficient (Wildman–Crippen LogP) is 5.52. The number of aromatic nitrogens is 1. The standard InChI is InChI=1S/C28H25F6N3O5S/c1-2-36(43(41,42)27-25(33)23(31)22(30)24(32)26(27)34)14-21(38)37(20-10-8-16(28(39)40)11-19(20)29)13-18-9-7-17(12-35-18)15-5-3-4-6-15/h7-12,15H,2-6,13-14H2,1H3,(H,39,40). The molecule has 230 valence electrons. The highest BCUT2D eigenvalue weighted by Gasteiger charge is 2.38. The third kappa shape index (κ3) is 6.37.